The third kappa shape index (κ3) is 2.34. The largest absolute Gasteiger partial charge is 0.396 e. The molecule has 1 saturated heterocycles. The zero-order valence-electron chi connectivity index (χ0n) is 10.4. The molecule has 94 valence electrons. The summed E-state index contributed by atoms with van der Waals surface area (Å²) in [6.45, 7) is 3.57. The second-order valence-corrected chi connectivity index (χ2v) is 4.59. The zero-order valence-corrected chi connectivity index (χ0v) is 10.4. The van der Waals surface area contributed by atoms with Crippen molar-refractivity contribution in [3.8, 4) is 0 Å². The molecule has 1 aromatic heterocycles. The first-order chi connectivity index (χ1) is 8.15. The molecule has 0 aromatic carbocycles. The summed E-state index contributed by atoms with van der Waals surface area (Å²) in [5, 5.41) is 13.4. The maximum Gasteiger partial charge on any atom is 0.272 e. The van der Waals surface area contributed by atoms with Gasteiger partial charge in [0.15, 0.2) is 0 Å². The predicted molar refractivity (Wildman–Crippen MR) is 63.7 cm³/mol. The van der Waals surface area contributed by atoms with Gasteiger partial charge in [0.2, 0.25) is 0 Å². The summed E-state index contributed by atoms with van der Waals surface area (Å²) in [4.78, 5) is 14.0. The summed E-state index contributed by atoms with van der Waals surface area (Å²) in [7, 11) is 1.80. The molecule has 0 spiro atoms. The lowest BCUT2D eigenvalue weighted by Gasteiger charge is -2.15. The van der Waals surface area contributed by atoms with E-state index in [1.807, 2.05) is 13.0 Å². The van der Waals surface area contributed by atoms with Crippen LogP contribution in [0.3, 0.4) is 0 Å². The van der Waals surface area contributed by atoms with Crippen LogP contribution in [0.5, 0.6) is 0 Å². The molecular formula is C12H19N3O2. The van der Waals surface area contributed by atoms with E-state index in [0.29, 0.717) is 12.2 Å². The van der Waals surface area contributed by atoms with Gasteiger partial charge in [0.25, 0.3) is 5.91 Å². The van der Waals surface area contributed by atoms with Gasteiger partial charge < -0.3 is 10.0 Å². The second-order valence-electron chi connectivity index (χ2n) is 4.59. The monoisotopic (exact) mass is 237 g/mol. The zero-order chi connectivity index (χ0) is 12.4. The highest BCUT2D eigenvalue weighted by atomic mass is 16.3. The van der Waals surface area contributed by atoms with Crippen molar-refractivity contribution < 1.29 is 9.90 Å². The summed E-state index contributed by atoms with van der Waals surface area (Å²) in [5.41, 5.74) is 1.58. The molecule has 0 aliphatic carbocycles. The summed E-state index contributed by atoms with van der Waals surface area (Å²) >= 11 is 0. The van der Waals surface area contributed by atoms with Crippen LogP contribution in [0, 0.1) is 5.92 Å². The average molecular weight is 237 g/mol. The van der Waals surface area contributed by atoms with Crippen molar-refractivity contribution in [3.05, 3.63) is 17.5 Å². The van der Waals surface area contributed by atoms with E-state index in [2.05, 4.69) is 5.10 Å². The van der Waals surface area contributed by atoms with Gasteiger partial charge in [-0.05, 0) is 18.9 Å². The fourth-order valence-electron chi connectivity index (χ4n) is 2.23. The minimum atomic E-state index is 0.0238. The molecule has 5 heteroatoms. The van der Waals surface area contributed by atoms with E-state index >= 15 is 0 Å². The lowest BCUT2D eigenvalue weighted by molar-refractivity contribution is 0.0771. The Kier molecular flexibility index (Phi) is 3.47. The summed E-state index contributed by atoms with van der Waals surface area (Å²) in [6.07, 6.45) is 1.72. The van der Waals surface area contributed by atoms with Gasteiger partial charge in [0.1, 0.15) is 5.69 Å². The summed E-state index contributed by atoms with van der Waals surface area (Å²) in [5.74, 6) is 0.258. The van der Waals surface area contributed by atoms with Crippen molar-refractivity contribution in [2.24, 2.45) is 13.0 Å². The number of nitrogens with zero attached hydrogens (tertiary/aromatic N) is 3. The van der Waals surface area contributed by atoms with Crippen molar-refractivity contribution in [2.75, 3.05) is 19.7 Å². The van der Waals surface area contributed by atoms with E-state index in [9.17, 15) is 4.79 Å². The molecule has 2 rings (SSSR count). The minimum absolute atomic E-state index is 0.0238. The molecule has 1 aromatic rings. The molecule has 1 amide bonds. The maximum absolute atomic E-state index is 12.2. The Morgan fingerprint density at radius 3 is 2.94 bits per heavy atom. The van der Waals surface area contributed by atoms with Crippen molar-refractivity contribution in [3.63, 3.8) is 0 Å². The SMILES string of the molecule is CCc1cc(C(=O)N2CCC(CO)C2)n(C)n1. The molecule has 1 aliphatic heterocycles. The van der Waals surface area contributed by atoms with Gasteiger partial charge in [-0.2, -0.15) is 5.10 Å². The lowest BCUT2D eigenvalue weighted by atomic mass is 10.1. The number of likely N-dealkylation sites (tertiary alicyclic amines) is 1. The van der Waals surface area contributed by atoms with Crippen LogP contribution < -0.4 is 0 Å². The highest BCUT2D eigenvalue weighted by Crippen LogP contribution is 2.18. The molecule has 5 nitrogen and oxygen atoms in total. The Bertz CT molecular complexity index is 414. The standard InChI is InChI=1S/C12H19N3O2/c1-3-10-6-11(14(2)13-10)12(17)15-5-4-9(7-15)8-16/h6,9,16H,3-5,7-8H2,1-2H3. The number of aliphatic hydroxyl groups is 1. The molecular weight excluding hydrogens is 218 g/mol. The average Bonchev–Trinajstić information content (AvgIpc) is 2.94. The Labute approximate surface area is 101 Å². The first kappa shape index (κ1) is 12.1. The molecule has 1 unspecified atom stereocenters. The molecule has 1 atom stereocenters. The van der Waals surface area contributed by atoms with Gasteiger partial charge in [0, 0.05) is 32.7 Å². The number of carbonyl (C=O) groups is 1. The van der Waals surface area contributed by atoms with Crippen LogP contribution in [0.4, 0.5) is 0 Å². The first-order valence-electron chi connectivity index (χ1n) is 6.08. The highest BCUT2D eigenvalue weighted by Gasteiger charge is 2.28. The highest BCUT2D eigenvalue weighted by molar-refractivity contribution is 5.92. The van der Waals surface area contributed by atoms with E-state index in [4.69, 9.17) is 5.11 Å². The van der Waals surface area contributed by atoms with Gasteiger partial charge in [-0.1, -0.05) is 6.92 Å². The van der Waals surface area contributed by atoms with Crippen LogP contribution in [0.2, 0.25) is 0 Å². The van der Waals surface area contributed by atoms with Crippen LogP contribution >= 0.6 is 0 Å². The number of aryl methyl sites for hydroxylation is 2. The van der Waals surface area contributed by atoms with Gasteiger partial charge in [-0.3, -0.25) is 9.48 Å². The lowest BCUT2D eigenvalue weighted by Crippen LogP contribution is -2.30. The first-order valence-corrected chi connectivity index (χ1v) is 6.08. The molecule has 2 heterocycles. The van der Waals surface area contributed by atoms with Gasteiger partial charge in [-0.25, -0.2) is 0 Å². The molecule has 0 radical (unpaired) electrons. The summed E-state index contributed by atoms with van der Waals surface area (Å²) < 4.78 is 1.65. The van der Waals surface area contributed by atoms with Crippen molar-refractivity contribution in [1.29, 1.82) is 0 Å². The van der Waals surface area contributed by atoms with Crippen LogP contribution in [0.15, 0.2) is 6.07 Å². The molecule has 1 aliphatic rings. The van der Waals surface area contributed by atoms with E-state index in [1.165, 1.54) is 0 Å². The van der Waals surface area contributed by atoms with Crippen molar-refractivity contribution >= 4 is 5.91 Å². The van der Waals surface area contributed by atoms with E-state index < -0.39 is 0 Å². The quantitative estimate of drug-likeness (QED) is 0.829. The van der Waals surface area contributed by atoms with E-state index in [1.54, 1.807) is 16.6 Å². The number of hydrogen-bond acceptors (Lipinski definition) is 3. The molecule has 1 N–H and O–H groups in total. The number of carbonyl (C=O) groups excluding carboxylic acids is 1. The van der Waals surface area contributed by atoms with Crippen LogP contribution in [0.25, 0.3) is 0 Å². The molecule has 1 fully saturated rings. The normalized spacial score (nSPS) is 19.9. The minimum Gasteiger partial charge on any atom is -0.396 e. The van der Waals surface area contributed by atoms with Crippen molar-refractivity contribution in [1.82, 2.24) is 14.7 Å². The molecule has 17 heavy (non-hydrogen) atoms. The van der Waals surface area contributed by atoms with Gasteiger partial charge in [0.05, 0.1) is 5.69 Å². The summed E-state index contributed by atoms with van der Waals surface area (Å²) in [6, 6.07) is 1.86. The van der Waals surface area contributed by atoms with Gasteiger partial charge >= 0.3 is 0 Å². The topological polar surface area (TPSA) is 58.4 Å². The van der Waals surface area contributed by atoms with Gasteiger partial charge in [-0.15, -0.1) is 0 Å². The predicted octanol–water partition coefficient (Wildman–Crippen LogP) is 0.437. The Balaban J connectivity index is 2.11. The van der Waals surface area contributed by atoms with E-state index in [-0.39, 0.29) is 18.4 Å². The van der Waals surface area contributed by atoms with E-state index in [0.717, 1.165) is 25.1 Å². The Morgan fingerprint density at radius 1 is 1.65 bits per heavy atom. The number of aliphatic hydroxyl groups excluding tert-OH is 1. The number of aromatic nitrogens is 2. The van der Waals surface area contributed by atoms with Crippen LogP contribution in [-0.2, 0) is 13.5 Å². The third-order valence-corrected chi connectivity index (χ3v) is 3.34. The fourth-order valence-corrected chi connectivity index (χ4v) is 2.23. The van der Waals surface area contributed by atoms with Crippen LogP contribution in [-0.4, -0.2) is 45.4 Å². The van der Waals surface area contributed by atoms with Crippen molar-refractivity contribution in [2.45, 2.75) is 19.8 Å². The Morgan fingerprint density at radius 2 is 2.41 bits per heavy atom. The molecule has 0 saturated carbocycles. The fraction of sp³-hybridized carbons (Fsp3) is 0.667. The van der Waals surface area contributed by atoms with Crippen LogP contribution in [0.1, 0.15) is 29.5 Å². The third-order valence-electron chi connectivity index (χ3n) is 3.34. The second kappa shape index (κ2) is 4.87. The number of hydrogen-bond donors (Lipinski definition) is 1. The molecule has 0 bridgehead atoms. The Hall–Kier alpha value is -1.36. The maximum atomic E-state index is 12.2. The number of amides is 1. The number of rotatable bonds is 3. The smallest absolute Gasteiger partial charge is 0.272 e.